The third kappa shape index (κ3) is 2.12. The van der Waals surface area contributed by atoms with E-state index in [9.17, 15) is 4.39 Å². The van der Waals surface area contributed by atoms with Gasteiger partial charge >= 0.3 is 0 Å². The first kappa shape index (κ1) is 10.8. The predicted molar refractivity (Wildman–Crippen MR) is 63.6 cm³/mol. The molecular formula is C14H14FN. The fourth-order valence-electron chi connectivity index (χ4n) is 1.82. The standard InChI is InChI=1S/C14H14FN/c1-10-5-2-3-8-13(10)14(16)11-6-4-7-12(15)9-11/h2-9,14H,16H2,1H3. The quantitative estimate of drug-likeness (QED) is 0.818. The van der Waals surface area contributed by atoms with Crippen molar-refractivity contribution in [3.8, 4) is 0 Å². The first-order valence-corrected chi connectivity index (χ1v) is 5.25. The molecule has 82 valence electrons. The van der Waals surface area contributed by atoms with Gasteiger partial charge in [-0.1, -0.05) is 36.4 Å². The van der Waals surface area contributed by atoms with E-state index in [0.29, 0.717) is 0 Å². The summed E-state index contributed by atoms with van der Waals surface area (Å²) in [5.41, 5.74) is 9.08. The fraction of sp³-hybridized carbons (Fsp3) is 0.143. The van der Waals surface area contributed by atoms with Gasteiger partial charge in [0.1, 0.15) is 5.82 Å². The van der Waals surface area contributed by atoms with Gasteiger partial charge in [0, 0.05) is 0 Å². The largest absolute Gasteiger partial charge is 0.320 e. The highest BCUT2D eigenvalue weighted by Crippen LogP contribution is 2.22. The van der Waals surface area contributed by atoms with Crippen LogP contribution in [0.2, 0.25) is 0 Å². The lowest BCUT2D eigenvalue weighted by Gasteiger charge is -2.15. The molecule has 0 aromatic heterocycles. The lowest BCUT2D eigenvalue weighted by molar-refractivity contribution is 0.623. The molecule has 0 bridgehead atoms. The van der Waals surface area contributed by atoms with Crippen molar-refractivity contribution in [2.75, 3.05) is 0 Å². The van der Waals surface area contributed by atoms with Crippen LogP contribution in [0.3, 0.4) is 0 Å². The van der Waals surface area contributed by atoms with E-state index in [1.807, 2.05) is 37.3 Å². The zero-order valence-electron chi connectivity index (χ0n) is 9.15. The fourth-order valence-corrected chi connectivity index (χ4v) is 1.82. The highest BCUT2D eigenvalue weighted by atomic mass is 19.1. The molecule has 2 N–H and O–H groups in total. The summed E-state index contributed by atoms with van der Waals surface area (Å²) in [7, 11) is 0. The highest BCUT2D eigenvalue weighted by molar-refractivity contribution is 5.36. The number of rotatable bonds is 2. The summed E-state index contributed by atoms with van der Waals surface area (Å²) in [6, 6.07) is 14.1. The van der Waals surface area contributed by atoms with Gasteiger partial charge in [0.15, 0.2) is 0 Å². The van der Waals surface area contributed by atoms with E-state index in [2.05, 4.69) is 0 Å². The highest BCUT2D eigenvalue weighted by Gasteiger charge is 2.10. The molecule has 0 aliphatic carbocycles. The first-order valence-electron chi connectivity index (χ1n) is 5.25. The van der Waals surface area contributed by atoms with Crippen molar-refractivity contribution in [2.45, 2.75) is 13.0 Å². The molecule has 0 saturated heterocycles. The van der Waals surface area contributed by atoms with Gasteiger partial charge in [-0.25, -0.2) is 4.39 Å². The number of nitrogens with two attached hydrogens (primary N) is 1. The molecule has 0 amide bonds. The summed E-state index contributed by atoms with van der Waals surface area (Å²) in [6.07, 6.45) is 0. The topological polar surface area (TPSA) is 26.0 Å². The van der Waals surface area contributed by atoms with Crippen LogP contribution in [0.5, 0.6) is 0 Å². The molecule has 0 aliphatic heterocycles. The normalized spacial score (nSPS) is 12.4. The second kappa shape index (κ2) is 4.45. The summed E-state index contributed by atoms with van der Waals surface area (Å²) in [4.78, 5) is 0. The minimum Gasteiger partial charge on any atom is -0.320 e. The zero-order chi connectivity index (χ0) is 11.5. The van der Waals surface area contributed by atoms with E-state index in [1.54, 1.807) is 6.07 Å². The molecule has 1 atom stereocenters. The smallest absolute Gasteiger partial charge is 0.123 e. The van der Waals surface area contributed by atoms with Gasteiger partial charge in [0.25, 0.3) is 0 Å². The number of halogens is 1. The van der Waals surface area contributed by atoms with Gasteiger partial charge in [-0.05, 0) is 35.7 Å². The van der Waals surface area contributed by atoms with E-state index in [-0.39, 0.29) is 11.9 Å². The van der Waals surface area contributed by atoms with Crippen LogP contribution < -0.4 is 5.73 Å². The van der Waals surface area contributed by atoms with Crippen LogP contribution in [0.4, 0.5) is 4.39 Å². The van der Waals surface area contributed by atoms with Gasteiger partial charge < -0.3 is 5.73 Å². The molecule has 2 heteroatoms. The average molecular weight is 215 g/mol. The van der Waals surface area contributed by atoms with Crippen molar-refractivity contribution in [1.29, 1.82) is 0 Å². The molecule has 0 heterocycles. The van der Waals surface area contributed by atoms with E-state index >= 15 is 0 Å². The van der Waals surface area contributed by atoms with Crippen molar-refractivity contribution in [3.63, 3.8) is 0 Å². The minimum absolute atomic E-state index is 0.249. The maximum atomic E-state index is 13.1. The maximum Gasteiger partial charge on any atom is 0.123 e. The molecule has 0 spiro atoms. The number of hydrogen-bond donors (Lipinski definition) is 1. The third-order valence-corrected chi connectivity index (χ3v) is 2.73. The van der Waals surface area contributed by atoms with Crippen LogP contribution in [-0.2, 0) is 0 Å². The van der Waals surface area contributed by atoms with Crippen LogP contribution in [0.1, 0.15) is 22.7 Å². The Bertz CT molecular complexity index is 494. The predicted octanol–water partition coefficient (Wildman–Crippen LogP) is 3.18. The number of benzene rings is 2. The van der Waals surface area contributed by atoms with Crippen LogP contribution >= 0.6 is 0 Å². The van der Waals surface area contributed by atoms with E-state index in [1.165, 1.54) is 12.1 Å². The number of aryl methyl sites for hydroxylation is 1. The molecular weight excluding hydrogens is 201 g/mol. The van der Waals surface area contributed by atoms with Crippen LogP contribution in [-0.4, -0.2) is 0 Å². The summed E-state index contributed by atoms with van der Waals surface area (Å²) in [5.74, 6) is -0.249. The first-order chi connectivity index (χ1) is 7.68. The molecule has 0 fully saturated rings. The van der Waals surface area contributed by atoms with Gasteiger partial charge in [-0.3, -0.25) is 0 Å². The van der Waals surface area contributed by atoms with Crippen molar-refractivity contribution < 1.29 is 4.39 Å². The SMILES string of the molecule is Cc1ccccc1C(N)c1cccc(F)c1. The van der Waals surface area contributed by atoms with Gasteiger partial charge in [-0.2, -0.15) is 0 Å². The summed E-state index contributed by atoms with van der Waals surface area (Å²) >= 11 is 0. The Balaban J connectivity index is 2.39. The Morgan fingerprint density at radius 1 is 1.06 bits per heavy atom. The van der Waals surface area contributed by atoms with Crippen molar-refractivity contribution in [2.24, 2.45) is 5.73 Å². The van der Waals surface area contributed by atoms with Crippen molar-refractivity contribution in [3.05, 3.63) is 71.0 Å². The Kier molecular flexibility index (Phi) is 3.02. The molecule has 0 saturated carbocycles. The molecule has 2 aromatic carbocycles. The minimum atomic E-state index is -0.267. The lowest BCUT2D eigenvalue weighted by atomic mass is 9.96. The van der Waals surface area contributed by atoms with Crippen LogP contribution in [0, 0.1) is 12.7 Å². The Hall–Kier alpha value is -1.67. The maximum absolute atomic E-state index is 13.1. The molecule has 2 aromatic rings. The lowest BCUT2D eigenvalue weighted by Crippen LogP contribution is -2.13. The monoisotopic (exact) mass is 215 g/mol. The van der Waals surface area contributed by atoms with Crippen LogP contribution in [0.15, 0.2) is 48.5 Å². The molecule has 0 aliphatic rings. The van der Waals surface area contributed by atoms with Crippen molar-refractivity contribution >= 4 is 0 Å². The second-order valence-corrected chi connectivity index (χ2v) is 3.89. The second-order valence-electron chi connectivity index (χ2n) is 3.89. The summed E-state index contributed by atoms with van der Waals surface area (Å²) in [6.45, 7) is 2.01. The van der Waals surface area contributed by atoms with E-state index in [0.717, 1.165) is 16.7 Å². The molecule has 16 heavy (non-hydrogen) atoms. The summed E-state index contributed by atoms with van der Waals surface area (Å²) in [5, 5.41) is 0. The van der Waals surface area contributed by atoms with Crippen molar-refractivity contribution in [1.82, 2.24) is 0 Å². The molecule has 1 nitrogen and oxygen atoms in total. The average Bonchev–Trinajstić information content (AvgIpc) is 2.29. The van der Waals surface area contributed by atoms with Crippen LogP contribution in [0.25, 0.3) is 0 Å². The molecule has 1 unspecified atom stereocenters. The molecule has 2 rings (SSSR count). The molecule has 0 radical (unpaired) electrons. The van der Waals surface area contributed by atoms with Gasteiger partial charge in [0.2, 0.25) is 0 Å². The zero-order valence-corrected chi connectivity index (χ0v) is 9.15. The Labute approximate surface area is 94.7 Å². The number of hydrogen-bond acceptors (Lipinski definition) is 1. The Morgan fingerprint density at radius 2 is 1.81 bits per heavy atom. The van der Waals surface area contributed by atoms with Gasteiger partial charge in [-0.15, -0.1) is 0 Å². The van der Waals surface area contributed by atoms with E-state index in [4.69, 9.17) is 5.73 Å². The summed E-state index contributed by atoms with van der Waals surface area (Å²) < 4.78 is 13.1. The van der Waals surface area contributed by atoms with E-state index < -0.39 is 0 Å². The third-order valence-electron chi connectivity index (χ3n) is 2.73. The van der Waals surface area contributed by atoms with Gasteiger partial charge in [0.05, 0.1) is 6.04 Å². The Morgan fingerprint density at radius 3 is 2.50 bits per heavy atom.